The number of aromatic nitrogens is 3. The van der Waals surface area contributed by atoms with Gasteiger partial charge in [-0.05, 0) is 53.8 Å². The molecule has 1 aliphatic rings. The summed E-state index contributed by atoms with van der Waals surface area (Å²) in [4.78, 5) is 15.8. The van der Waals surface area contributed by atoms with Gasteiger partial charge in [0.15, 0.2) is 0 Å². The molecular formula is C26H28N6O. The molecule has 33 heavy (non-hydrogen) atoms. The summed E-state index contributed by atoms with van der Waals surface area (Å²) in [7, 11) is 1.71. The van der Waals surface area contributed by atoms with Crippen LogP contribution in [0.5, 0.6) is 5.75 Å². The highest BCUT2D eigenvalue weighted by Gasteiger charge is 2.16. The van der Waals surface area contributed by atoms with E-state index in [4.69, 9.17) is 9.72 Å². The highest BCUT2D eigenvalue weighted by molar-refractivity contribution is 5.98. The highest BCUT2D eigenvalue weighted by Crippen LogP contribution is 2.35. The van der Waals surface area contributed by atoms with Gasteiger partial charge in [-0.25, -0.2) is 9.97 Å². The Bertz CT molecular complexity index is 1220. The van der Waals surface area contributed by atoms with Crippen LogP contribution in [0.1, 0.15) is 5.56 Å². The first-order valence-electron chi connectivity index (χ1n) is 11.3. The number of anilines is 2. The van der Waals surface area contributed by atoms with Crippen LogP contribution in [0.15, 0.2) is 67.1 Å². The molecule has 2 N–H and O–H groups in total. The van der Waals surface area contributed by atoms with E-state index < -0.39 is 0 Å². The van der Waals surface area contributed by atoms with Crippen LogP contribution in [0.25, 0.3) is 22.0 Å². The molecule has 1 fully saturated rings. The third-order valence-electron chi connectivity index (χ3n) is 5.97. The molecule has 0 atom stereocenters. The van der Waals surface area contributed by atoms with Crippen LogP contribution >= 0.6 is 0 Å². The highest BCUT2D eigenvalue weighted by atomic mass is 16.5. The van der Waals surface area contributed by atoms with Crippen molar-refractivity contribution in [2.75, 3.05) is 50.1 Å². The lowest BCUT2D eigenvalue weighted by Crippen LogP contribution is -2.43. The van der Waals surface area contributed by atoms with Crippen LogP contribution < -0.4 is 20.3 Å². The summed E-state index contributed by atoms with van der Waals surface area (Å²) in [5.41, 5.74) is 4.39. The van der Waals surface area contributed by atoms with Crippen molar-refractivity contribution in [2.24, 2.45) is 0 Å². The molecule has 1 aliphatic heterocycles. The minimum atomic E-state index is 0.634. The fourth-order valence-electron chi connectivity index (χ4n) is 4.23. The quantitative estimate of drug-likeness (QED) is 0.453. The number of hydrogen-bond acceptors (Lipinski definition) is 7. The Labute approximate surface area is 193 Å². The number of pyridine rings is 1. The van der Waals surface area contributed by atoms with Crippen molar-refractivity contribution < 1.29 is 4.74 Å². The third-order valence-corrected chi connectivity index (χ3v) is 5.97. The Balaban J connectivity index is 1.44. The number of rotatable bonds is 7. The number of ether oxygens (including phenoxy) is 1. The second kappa shape index (κ2) is 9.83. The molecule has 7 heteroatoms. The molecular weight excluding hydrogens is 412 g/mol. The maximum atomic E-state index is 5.50. The fourth-order valence-corrected chi connectivity index (χ4v) is 4.23. The van der Waals surface area contributed by atoms with Gasteiger partial charge in [-0.15, -0.1) is 0 Å². The van der Waals surface area contributed by atoms with E-state index in [2.05, 4.69) is 55.8 Å². The van der Waals surface area contributed by atoms with Crippen molar-refractivity contribution in [3.05, 3.63) is 72.7 Å². The molecule has 0 spiro atoms. The second-order valence-corrected chi connectivity index (χ2v) is 8.12. The Morgan fingerprint density at radius 2 is 1.97 bits per heavy atom. The molecule has 1 saturated heterocycles. The van der Waals surface area contributed by atoms with E-state index in [-0.39, 0.29) is 0 Å². The maximum Gasteiger partial charge on any atom is 0.223 e. The van der Waals surface area contributed by atoms with E-state index >= 15 is 0 Å². The average molecular weight is 441 g/mol. The van der Waals surface area contributed by atoms with Crippen molar-refractivity contribution in [1.29, 1.82) is 0 Å². The molecule has 0 bridgehead atoms. The van der Waals surface area contributed by atoms with E-state index in [1.165, 1.54) is 22.0 Å². The predicted molar refractivity (Wildman–Crippen MR) is 133 cm³/mol. The van der Waals surface area contributed by atoms with Gasteiger partial charge >= 0.3 is 0 Å². The van der Waals surface area contributed by atoms with E-state index in [0.717, 1.165) is 56.2 Å². The minimum absolute atomic E-state index is 0.634. The molecule has 0 aliphatic carbocycles. The minimum Gasteiger partial charge on any atom is -0.497 e. The average Bonchev–Trinajstić information content (AvgIpc) is 2.89. The molecule has 7 nitrogen and oxygen atoms in total. The Morgan fingerprint density at radius 1 is 1.06 bits per heavy atom. The second-order valence-electron chi connectivity index (χ2n) is 8.12. The monoisotopic (exact) mass is 440 g/mol. The lowest BCUT2D eigenvalue weighted by atomic mass is 10.0. The maximum absolute atomic E-state index is 5.50. The molecule has 2 aromatic heterocycles. The van der Waals surface area contributed by atoms with E-state index in [9.17, 15) is 0 Å². The predicted octanol–water partition coefficient (Wildman–Crippen LogP) is 3.76. The third kappa shape index (κ3) is 4.88. The number of nitrogens with one attached hydrogen (secondary N) is 2. The number of fused-ring (bicyclic) bond motifs is 1. The number of hydrogen-bond donors (Lipinski definition) is 2. The molecule has 3 heterocycles. The van der Waals surface area contributed by atoms with Gasteiger partial charge in [-0.1, -0.05) is 12.1 Å². The van der Waals surface area contributed by atoms with Gasteiger partial charge in [-0.3, -0.25) is 4.98 Å². The number of piperazine rings is 1. The van der Waals surface area contributed by atoms with Gasteiger partial charge in [0.2, 0.25) is 5.95 Å². The summed E-state index contributed by atoms with van der Waals surface area (Å²) in [6.07, 6.45) is 6.36. The lowest BCUT2D eigenvalue weighted by molar-refractivity contribution is 0.415. The molecule has 4 aromatic rings. The van der Waals surface area contributed by atoms with Crippen LogP contribution in [0.2, 0.25) is 0 Å². The summed E-state index contributed by atoms with van der Waals surface area (Å²) in [5.74, 6) is 1.50. The fraction of sp³-hybridized carbons (Fsp3) is 0.269. The zero-order valence-corrected chi connectivity index (χ0v) is 18.8. The zero-order chi connectivity index (χ0) is 22.5. The molecule has 0 amide bonds. The SMILES string of the molecule is COc1ccc2cc(-c3ccnc(NCCc4cccnc4)n3)cc(N3CCNCC3)c2c1. The van der Waals surface area contributed by atoms with Gasteiger partial charge in [0.05, 0.1) is 12.8 Å². The van der Waals surface area contributed by atoms with Gasteiger partial charge in [0.1, 0.15) is 5.75 Å². The number of methoxy groups -OCH3 is 1. The summed E-state index contributed by atoms with van der Waals surface area (Å²) >= 11 is 0. The number of nitrogens with zero attached hydrogens (tertiary/aromatic N) is 4. The van der Waals surface area contributed by atoms with Gasteiger partial charge in [-0.2, -0.15) is 0 Å². The van der Waals surface area contributed by atoms with E-state index in [0.29, 0.717) is 5.95 Å². The van der Waals surface area contributed by atoms with E-state index in [1.807, 2.05) is 30.6 Å². The summed E-state index contributed by atoms with van der Waals surface area (Å²) in [6.45, 7) is 4.66. The van der Waals surface area contributed by atoms with Crippen LogP contribution in [-0.4, -0.2) is 54.8 Å². The van der Waals surface area contributed by atoms with Gasteiger partial charge in [0.25, 0.3) is 0 Å². The Kier molecular flexibility index (Phi) is 6.30. The van der Waals surface area contributed by atoms with Crippen LogP contribution in [0.3, 0.4) is 0 Å². The van der Waals surface area contributed by atoms with Crippen molar-refractivity contribution >= 4 is 22.4 Å². The zero-order valence-electron chi connectivity index (χ0n) is 18.8. The smallest absolute Gasteiger partial charge is 0.223 e. The molecule has 5 rings (SSSR count). The van der Waals surface area contributed by atoms with Crippen LogP contribution in [0, 0.1) is 0 Å². The molecule has 2 aromatic carbocycles. The lowest BCUT2D eigenvalue weighted by Gasteiger charge is -2.31. The first-order valence-corrected chi connectivity index (χ1v) is 11.3. The normalized spacial score (nSPS) is 13.8. The summed E-state index contributed by atoms with van der Waals surface area (Å²) in [5, 5.41) is 9.16. The van der Waals surface area contributed by atoms with Crippen LogP contribution in [0.4, 0.5) is 11.6 Å². The molecule has 168 valence electrons. The molecule has 0 unspecified atom stereocenters. The van der Waals surface area contributed by atoms with Crippen molar-refractivity contribution in [2.45, 2.75) is 6.42 Å². The topological polar surface area (TPSA) is 75.2 Å². The van der Waals surface area contributed by atoms with Crippen molar-refractivity contribution in [1.82, 2.24) is 20.3 Å². The van der Waals surface area contributed by atoms with Gasteiger partial charge < -0.3 is 20.3 Å². The molecule has 0 radical (unpaired) electrons. The number of benzene rings is 2. The Morgan fingerprint density at radius 3 is 2.79 bits per heavy atom. The first-order chi connectivity index (χ1) is 16.3. The van der Waals surface area contributed by atoms with Crippen LogP contribution in [-0.2, 0) is 6.42 Å². The summed E-state index contributed by atoms with van der Waals surface area (Å²) < 4.78 is 5.50. The Hall–Kier alpha value is -3.71. The van der Waals surface area contributed by atoms with E-state index in [1.54, 1.807) is 13.3 Å². The largest absolute Gasteiger partial charge is 0.497 e. The summed E-state index contributed by atoms with van der Waals surface area (Å²) in [6, 6.07) is 16.7. The van der Waals surface area contributed by atoms with Crippen molar-refractivity contribution in [3.8, 4) is 17.0 Å². The standard InChI is InChI=1S/C26H28N6O/c1-33-22-5-4-20-15-21(16-25(23(20)17-22)32-13-11-27-12-14-32)24-7-10-30-26(31-24)29-9-6-19-3-2-8-28-18-19/h2-5,7-8,10,15-18,27H,6,9,11-14H2,1H3,(H,29,30,31). The first kappa shape index (κ1) is 21.2. The van der Waals surface area contributed by atoms with Crippen molar-refractivity contribution in [3.63, 3.8) is 0 Å². The van der Waals surface area contributed by atoms with Gasteiger partial charge in [0, 0.05) is 68.0 Å². The molecule has 0 saturated carbocycles.